The summed E-state index contributed by atoms with van der Waals surface area (Å²) in [5, 5.41) is 0.677. The summed E-state index contributed by atoms with van der Waals surface area (Å²) in [4.78, 5) is 12.2. The Hall–Kier alpha value is -1.50. The molecule has 0 aliphatic heterocycles. The number of esters is 1. The van der Waals surface area contributed by atoms with Crippen LogP contribution in [0.5, 0.6) is 0 Å². The Morgan fingerprint density at radius 3 is 2.22 bits per heavy atom. The second kappa shape index (κ2) is 6.19. The lowest BCUT2D eigenvalue weighted by molar-refractivity contribution is 0.0601. The van der Waals surface area contributed by atoms with Gasteiger partial charge < -0.3 is 4.74 Å². The molecule has 0 fully saturated rings. The van der Waals surface area contributed by atoms with Crippen LogP contribution in [0.15, 0.2) is 18.2 Å². The Morgan fingerprint density at radius 1 is 1.13 bits per heavy atom. The van der Waals surface area contributed by atoms with Crippen molar-refractivity contribution in [3.8, 4) is 11.1 Å². The monoisotopic (exact) mass is 375 g/mol. The van der Waals surface area contributed by atoms with Gasteiger partial charge >= 0.3 is 5.97 Å². The van der Waals surface area contributed by atoms with E-state index < -0.39 is 16.0 Å². The van der Waals surface area contributed by atoms with Crippen LogP contribution >= 0.6 is 23.2 Å². The van der Waals surface area contributed by atoms with Crippen LogP contribution in [0.2, 0.25) is 10.0 Å². The Bertz CT molecular complexity index is 901. The number of rotatable bonds is 3. The number of benzene rings is 1. The van der Waals surface area contributed by atoms with E-state index in [0.29, 0.717) is 26.9 Å². The van der Waals surface area contributed by atoms with Crippen LogP contribution in [0.25, 0.3) is 11.1 Å². The topological polar surface area (TPSA) is 65.4 Å². The number of methoxy groups -OCH3 is 1. The first-order valence-corrected chi connectivity index (χ1v) is 9.16. The van der Waals surface area contributed by atoms with E-state index in [9.17, 15) is 13.2 Å². The summed E-state index contributed by atoms with van der Waals surface area (Å²) in [7, 11) is -2.34. The van der Waals surface area contributed by atoms with Crippen LogP contribution in [0.1, 0.15) is 21.7 Å². The van der Waals surface area contributed by atoms with Gasteiger partial charge in [0.25, 0.3) is 0 Å². The lowest BCUT2D eigenvalue weighted by Crippen LogP contribution is -2.14. The van der Waals surface area contributed by atoms with Crippen LogP contribution in [0.3, 0.4) is 0 Å². The molecule has 0 saturated heterocycles. The lowest BCUT2D eigenvalue weighted by atomic mass is 10.0. The average molecular weight is 376 g/mol. The molecule has 0 unspecified atom stereocenters. The SMILES string of the molecule is COC(=O)c1c(-c2ccc(Cl)c(Cl)c2)c(C)n(S(C)(=O)=O)c1C. The van der Waals surface area contributed by atoms with Crippen LogP contribution in [-0.4, -0.2) is 31.7 Å². The largest absolute Gasteiger partial charge is 0.465 e. The molecule has 23 heavy (non-hydrogen) atoms. The van der Waals surface area contributed by atoms with Crippen molar-refractivity contribution < 1.29 is 17.9 Å². The Kier molecular flexibility index (Phi) is 4.80. The second-order valence-electron chi connectivity index (χ2n) is 5.07. The van der Waals surface area contributed by atoms with Gasteiger partial charge in [0.1, 0.15) is 0 Å². The highest BCUT2D eigenvalue weighted by Gasteiger charge is 2.28. The molecule has 0 radical (unpaired) electrons. The van der Waals surface area contributed by atoms with Gasteiger partial charge in [-0.25, -0.2) is 17.2 Å². The zero-order valence-corrected chi connectivity index (χ0v) is 15.3. The summed E-state index contributed by atoms with van der Waals surface area (Å²) in [6.07, 6.45) is 1.08. The second-order valence-corrected chi connectivity index (χ2v) is 7.71. The third-order valence-corrected chi connectivity index (χ3v) is 5.46. The van der Waals surface area contributed by atoms with Gasteiger partial charge in [0.05, 0.1) is 29.0 Å². The molecule has 0 spiro atoms. The zero-order chi connectivity index (χ0) is 17.5. The molecule has 1 aromatic heterocycles. The maximum Gasteiger partial charge on any atom is 0.340 e. The van der Waals surface area contributed by atoms with Gasteiger partial charge in [-0.1, -0.05) is 29.3 Å². The highest BCUT2D eigenvalue weighted by atomic mass is 35.5. The van der Waals surface area contributed by atoms with E-state index in [-0.39, 0.29) is 11.3 Å². The van der Waals surface area contributed by atoms with Gasteiger partial charge in [-0.3, -0.25) is 0 Å². The number of hydrogen-bond acceptors (Lipinski definition) is 4. The number of nitrogens with zero attached hydrogens (tertiary/aromatic N) is 1. The van der Waals surface area contributed by atoms with Gasteiger partial charge in [0, 0.05) is 17.0 Å². The fourth-order valence-electron chi connectivity index (χ4n) is 2.67. The van der Waals surface area contributed by atoms with Crippen molar-refractivity contribution in [3.63, 3.8) is 0 Å². The Morgan fingerprint density at radius 2 is 1.74 bits per heavy atom. The minimum Gasteiger partial charge on any atom is -0.465 e. The van der Waals surface area contributed by atoms with Crippen LogP contribution in [-0.2, 0) is 14.8 Å². The highest BCUT2D eigenvalue weighted by molar-refractivity contribution is 7.89. The van der Waals surface area contributed by atoms with E-state index >= 15 is 0 Å². The summed E-state index contributed by atoms with van der Waals surface area (Å²) in [6, 6.07) is 4.85. The molecule has 0 amide bonds. The van der Waals surface area contributed by atoms with E-state index in [0.717, 1.165) is 10.2 Å². The molecule has 0 aliphatic carbocycles. The van der Waals surface area contributed by atoms with Gasteiger partial charge in [0.15, 0.2) is 0 Å². The first-order valence-electron chi connectivity index (χ1n) is 6.55. The minimum atomic E-state index is -3.58. The molecular weight excluding hydrogens is 361 g/mol. The van der Waals surface area contributed by atoms with Crippen molar-refractivity contribution in [2.24, 2.45) is 0 Å². The molecule has 0 saturated carbocycles. The van der Waals surface area contributed by atoms with Gasteiger partial charge in [0.2, 0.25) is 10.0 Å². The molecule has 124 valence electrons. The van der Waals surface area contributed by atoms with E-state index in [2.05, 4.69) is 0 Å². The number of hydrogen-bond donors (Lipinski definition) is 0. The van der Waals surface area contributed by atoms with Crippen molar-refractivity contribution in [2.75, 3.05) is 13.4 Å². The molecule has 0 atom stereocenters. The molecule has 2 rings (SSSR count). The number of ether oxygens (including phenoxy) is 1. The summed E-state index contributed by atoms with van der Waals surface area (Å²) in [5.74, 6) is -0.617. The normalized spacial score (nSPS) is 11.6. The lowest BCUT2D eigenvalue weighted by Gasteiger charge is -2.07. The molecule has 0 bridgehead atoms. The fourth-order valence-corrected chi connectivity index (χ4v) is 4.15. The zero-order valence-electron chi connectivity index (χ0n) is 13.0. The fraction of sp³-hybridized carbons (Fsp3) is 0.267. The van der Waals surface area contributed by atoms with E-state index in [1.54, 1.807) is 32.0 Å². The third-order valence-electron chi connectivity index (χ3n) is 3.51. The standard InChI is InChI=1S/C15H15Cl2NO4S/c1-8-13(10-5-6-11(16)12(17)7-10)14(15(19)22-3)9(2)18(8)23(4,20)21/h5-7H,1-4H3. The Labute approximate surface area is 144 Å². The molecule has 0 aliphatic rings. The molecular formula is C15H15Cl2NO4S. The number of carbonyl (C=O) groups excluding carboxylic acids is 1. The number of carbonyl (C=O) groups is 1. The van der Waals surface area contributed by atoms with Crippen molar-refractivity contribution in [3.05, 3.63) is 45.2 Å². The van der Waals surface area contributed by atoms with E-state index in [1.807, 2.05) is 0 Å². The summed E-state index contributed by atoms with van der Waals surface area (Å²) in [6.45, 7) is 3.18. The first kappa shape index (κ1) is 17.8. The summed E-state index contributed by atoms with van der Waals surface area (Å²) < 4.78 is 30.1. The van der Waals surface area contributed by atoms with E-state index in [4.69, 9.17) is 27.9 Å². The van der Waals surface area contributed by atoms with Gasteiger partial charge in [-0.05, 0) is 31.5 Å². The minimum absolute atomic E-state index is 0.189. The highest BCUT2D eigenvalue weighted by Crippen LogP contribution is 2.36. The molecule has 1 heterocycles. The van der Waals surface area contributed by atoms with Crippen molar-refractivity contribution in [1.29, 1.82) is 0 Å². The first-order chi connectivity index (χ1) is 10.6. The van der Waals surface area contributed by atoms with Crippen LogP contribution in [0, 0.1) is 13.8 Å². The predicted octanol–water partition coefficient (Wildman–Crippen LogP) is 3.67. The number of aromatic nitrogens is 1. The van der Waals surface area contributed by atoms with Crippen LogP contribution in [0.4, 0.5) is 0 Å². The maximum atomic E-state index is 12.2. The van der Waals surface area contributed by atoms with Gasteiger partial charge in [-0.2, -0.15) is 0 Å². The van der Waals surface area contributed by atoms with Crippen molar-refractivity contribution >= 4 is 39.2 Å². The molecule has 1 aromatic carbocycles. The molecule has 5 nitrogen and oxygen atoms in total. The van der Waals surface area contributed by atoms with Crippen molar-refractivity contribution in [1.82, 2.24) is 3.97 Å². The molecule has 2 aromatic rings. The van der Waals surface area contributed by atoms with Crippen LogP contribution < -0.4 is 0 Å². The Balaban J connectivity index is 2.91. The average Bonchev–Trinajstić information content (AvgIpc) is 2.72. The molecule has 8 heteroatoms. The number of halogens is 2. The third kappa shape index (κ3) is 3.11. The maximum absolute atomic E-state index is 12.2. The molecule has 0 N–H and O–H groups in total. The van der Waals surface area contributed by atoms with Crippen molar-refractivity contribution in [2.45, 2.75) is 13.8 Å². The predicted molar refractivity (Wildman–Crippen MR) is 90.9 cm³/mol. The van der Waals surface area contributed by atoms with Gasteiger partial charge in [-0.15, -0.1) is 0 Å². The summed E-state index contributed by atoms with van der Waals surface area (Å²) >= 11 is 12.0. The van der Waals surface area contributed by atoms with E-state index in [1.165, 1.54) is 7.11 Å². The quantitative estimate of drug-likeness (QED) is 0.767. The smallest absolute Gasteiger partial charge is 0.340 e. The summed E-state index contributed by atoms with van der Waals surface area (Å²) in [5.41, 5.74) is 1.93.